The molecule has 0 aliphatic carbocycles. The van der Waals surface area contributed by atoms with Crippen LogP contribution in [-0.2, 0) is 9.84 Å². The maximum Gasteiger partial charge on any atom is 0.156 e. The molecule has 0 aromatic rings. The topological polar surface area (TPSA) is 40.6 Å². The fraction of sp³-hybridized carbons (Fsp3) is 1.00. The Bertz CT molecular complexity index is 383. The Morgan fingerprint density at radius 1 is 0.895 bits per heavy atom. The van der Waals surface area contributed by atoms with Crippen LogP contribution in [0.15, 0.2) is 0 Å². The molecule has 4 nitrogen and oxygen atoms in total. The minimum Gasteiger partial charge on any atom is -0.300 e. The van der Waals surface area contributed by atoms with E-state index < -0.39 is 14.6 Å². The Morgan fingerprint density at radius 3 is 1.74 bits per heavy atom. The van der Waals surface area contributed by atoms with E-state index in [1.165, 1.54) is 0 Å². The number of hydrogen-bond donors (Lipinski definition) is 0. The predicted molar refractivity (Wildman–Crippen MR) is 81.3 cm³/mol. The molecule has 1 aliphatic heterocycles. The summed E-state index contributed by atoms with van der Waals surface area (Å²) >= 11 is 0. The van der Waals surface area contributed by atoms with Crippen LogP contribution in [0.3, 0.4) is 0 Å². The molecule has 5 heteroatoms. The van der Waals surface area contributed by atoms with Crippen LogP contribution in [0.2, 0.25) is 0 Å². The zero-order chi connectivity index (χ0) is 14.9. The minimum absolute atomic E-state index is 0.212. The highest BCUT2D eigenvalue weighted by atomic mass is 32.2. The van der Waals surface area contributed by atoms with Crippen LogP contribution in [-0.4, -0.2) is 67.0 Å². The lowest BCUT2D eigenvalue weighted by Gasteiger charge is -2.42. The maximum absolute atomic E-state index is 12.1. The smallest absolute Gasteiger partial charge is 0.156 e. The van der Waals surface area contributed by atoms with Gasteiger partial charge in [-0.1, -0.05) is 0 Å². The van der Waals surface area contributed by atoms with Gasteiger partial charge in [0.25, 0.3) is 0 Å². The van der Waals surface area contributed by atoms with Crippen molar-refractivity contribution in [2.24, 2.45) is 0 Å². The summed E-state index contributed by atoms with van der Waals surface area (Å²) in [7, 11) is -2.99. The predicted octanol–water partition coefficient (Wildman–Crippen LogP) is 1.62. The Labute approximate surface area is 119 Å². The fourth-order valence-corrected chi connectivity index (χ4v) is 3.31. The number of rotatable bonds is 3. The molecule has 0 atom stereocenters. The summed E-state index contributed by atoms with van der Waals surface area (Å²) in [5.41, 5.74) is 0.212. The van der Waals surface area contributed by atoms with Crippen molar-refractivity contribution >= 4 is 9.84 Å². The van der Waals surface area contributed by atoms with Gasteiger partial charge in [-0.3, -0.25) is 9.80 Å². The molecule has 1 aliphatic rings. The standard InChI is InChI=1S/C14H30N2O2S/c1-13(2,3)16-9-7-15(8-10-16)11-12-19(17,18)14(4,5)6/h7-12H2,1-6H3. The van der Waals surface area contributed by atoms with Crippen molar-refractivity contribution in [1.29, 1.82) is 0 Å². The van der Waals surface area contributed by atoms with E-state index in [2.05, 4.69) is 30.6 Å². The molecule has 1 saturated heterocycles. The van der Waals surface area contributed by atoms with E-state index in [-0.39, 0.29) is 11.3 Å². The van der Waals surface area contributed by atoms with Crippen LogP contribution in [0.25, 0.3) is 0 Å². The first kappa shape index (κ1) is 16.9. The summed E-state index contributed by atoms with van der Waals surface area (Å²) in [4.78, 5) is 4.73. The molecule has 0 unspecified atom stereocenters. The molecule has 0 bridgehead atoms. The molecular formula is C14H30N2O2S. The molecule has 0 saturated carbocycles. The van der Waals surface area contributed by atoms with Gasteiger partial charge >= 0.3 is 0 Å². The van der Waals surface area contributed by atoms with Crippen molar-refractivity contribution < 1.29 is 8.42 Å². The molecule has 114 valence electrons. The normalized spacial score (nSPS) is 20.7. The van der Waals surface area contributed by atoms with Gasteiger partial charge in [0.15, 0.2) is 9.84 Å². The van der Waals surface area contributed by atoms with Crippen LogP contribution in [0.1, 0.15) is 41.5 Å². The van der Waals surface area contributed by atoms with Crippen LogP contribution in [0.5, 0.6) is 0 Å². The number of hydrogen-bond acceptors (Lipinski definition) is 4. The van der Waals surface area contributed by atoms with Crippen molar-refractivity contribution in [3.8, 4) is 0 Å². The molecule has 0 amide bonds. The second kappa shape index (κ2) is 5.70. The van der Waals surface area contributed by atoms with Gasteiger partial charge in [-0.15, -0.1) is 0 Å². The van der Waals surface area contributed by atoms with E-state index >= 15 is 0 Å². The zero-order valence-electron chi connectivity index (χ0n) is 13.4. The molecule has 19 heavy (non-hydrogen) atoms. The molecule has 1 rings (SSSR count). The summed E-state index contributed by atoms with van der Waals surface area (Å²) in [6.45, 7) is 16.7. The van der Waals surface area contributed by atoms with Crippen LogP contribution >= 0.6 is 0 Å². The first-order valence-corrected chi connectivity index (χ1v) is 8.78. The monoisotopic (exact) mass is 290 g/mol. The summed E-state index contributed by atoms with van der Waals surface area (Å²) < 4.78 is 23.5. The lowest BCUT2D eigenvalue weighted by Crippen LogP contribution is -2.54. The molecule has 0 aromatic carbocycles. The van der Waals surface area contributed by atoms with Gasteiger partial charge in [-0.2, -0.15) is 0 Å². The van der Waals surface area contributed by atoms with Gasteiger partial charge in [0, 0.05) is 38.3 Å². The zero-order valence-corrected chi connectivity index (χ0v) is 14.2. The molecule has 0 aromatic heterocycles. The van der Waals surface area contributed by atoms with Crippen molar-refractivity contribution in [2.45, 2.75) is 51.8 Å². The van der Waals surface area contributed by atoms with Gasteiger partial charge in [0.2, 0.25) is 0 Å². The molecule has 0 N–H and O–H groups in total. The number of piperazine rings is 1. The third-order valence-corrected chi connectivity index (χ3v) is 6.52. The van der Waals surface area contributed by atoms with Crippen LogP contribution in [0, 0.1) is 0 Å². The highest BCUT2D eigenvalue weighted by Gasteiger charge is 2.30. The lowest BCUT2D eigenvalue weighted by atomic mass is 10.1. The average molecular weight is 290 g/mol. The van der Waals surface area contributed by atoms with E-state index in [4.69, 9.17) is 0 Å². The van der Waals surface area contributed by atoms with Crippen molar-refractivity contribution in [3.05, 3.63) is 0 Å². The molecule has 0 radical (unpaired) electrons. The van der Waals surface area contributed by atoms with Crippen LogP contribution in [0.4, 0.5) is 0 Å². The lowest BCUT2D eigenvalue weighted by molar-refractivity contribution is 0.0650. The first-order valence-electron chi connectivity index (χ1n) is 7.13. The SMILES string of the molecule is CC(C)(C)N1CCN(CCS(=O)(=O)C(C)(C)C)CC1. The fourth-order valence-electron chi connectivity index (χ4n) is 2.20. The van der Waals surface area contributed by atoms with Crippen molar-refractivity contribution in [1.82, 2.24) is 9.80 Å². The maximum atomic E-state index is 12.1. The Hall–Kier alpha value is -0.130. The van der Waals surface area contributed by atoms with Crippen LogP contribution < -0.4 is 0 Å². The Kier molecular flexibility index (Phi) is 5.08. The van der Waals surface area contributed by atoms with Crippen molar-refractivity contribution in [3.63, 3.8) is 0 Å². The highest BCUT2D eigenvalue weighted by Crippen LogP contribution is 2.18. The van der Waals surface area contributed by atoms with Gasteiger partial charge in [-0.25, -0.2) is 8.42 Å². The molecule has 1 fully saturated rings. The quantitative estimate of drug-likeness (QED) is 0.792. The van der Waals surface area contributed by atoms with Gasteiger partial charge in [0.05, 0.1) is 10.5 Å². The van der Waals surface area contributed by atoms with Crippen molar-refractivity contribution in [2.75, 3.05) is 38.5 Å². The second-order valence-corrected chi connectivity index (χ2v) is 10.3. The number of nitrogens with zero attached hydrogens (tertiary/aromatic N) is 2. The Morgan fingerprint density at radius 2 is 1.37 bits per heavy atom. The second-order valence-electron chi connectivity index (χ2n) is 7.43. The highest BCUT2D eigenvalue weighted by molar-refractivity contribution is 7.92. The summed E-state index contributed by atoms with van der Waals surface area (Å²) in [6.07, 6.45) is 0. The summed E-state index contributed by atoms with van der Waals surface area (Å²) in [6, 6.07) is 0. The van der Waals surface area contributed by atoms with E-state index in [1.54, 1.807) is 20.8 Å². The van der Waals surface area contributed by atoms with Gasteiger partial charge in [-0.05, 0) is 41.5 Å². The summed E-state index contributed by atoms with van der Waals surface area (Å²) in [5, 5.41) is 0. The van der Waals surface area contributed by atoms with E-state index in [1.807, 2.05) is 0 Å². The van der Waals surface area contributed by atoms with E-state index in [0.29, 0.717) is 6.54 Å². The minimum atomic E-state index is -2.99. The van der Waals surface area contributed by atoms with E-state index in [0.717, 1.165) is 26.2 Å². The third-order valence-electron chi connectivity index (χ3n) is 3.93. The Balaban J connectivity index is 2.43. The molecule has 1 heterocycles. The van der Waals surface area contributed by atoms with Gasteiger partial charge < -0.3 is 0 Å². The largest absolute Gasteiger partial charge is 0.300 e. The summed E-state index contributed by atoms with van der Waals surface area (Å²) in [5.74, 6) is 0.270. The third kappa shape index (κ3) is 4.72. The van der Waals surface area contributed by atoms with E-state index in [9.17, 15) is 8.42 Å². The molecular weight excluding hydrogens is 260 g/mol. The number of sulfone groups is 1. The average Bonchev–Trinajstić information content (AvgIpc) is 2.24. The molecule has 0 spiro atoms. The van der Waals surface area contributed by atoms with Gasteiger partial charge in [0.1, 0.15) is 0 Å². The first-order chi connectivity index (χ1) is 8.43.